The normalized spacial score (nSPS) is 23.1. The molecular weight excluding hydrogens is 308 g/mol. The molecule has 1 aromatic heterocycles. The van der Waals surface area contributed by atoms with E-state index in [9.17, 15) is 9.59 Å². The molecule has 2 aliphatic rings. The fraction of sp³-hybridized carbons (Fsp3) is 0.529. The summed E-state index contributed by atoms with van der Waals surface area (Å²) in [5.74, 6) is -0.214. The maximum Gasteiger partial charge on any atom is 0.273 e. The predicted molar refractivity (Wildman–Crippen MR) is 89.4 cm³/mol. The SMILES string of the molecule is CC(C)C(=O)N1CCCC2(CC(C(=O)Nc3cccnc3)=NO2)C1. The highest BCUT2D eigenvalue weighted by Gasteiger charge is 2.45. The summed E-state index contributed by atoms with van der Waals surface area (Å²) in [6.45, 7) is 5.00. The molecule has 128 valence electrons. The third-order valence-electron chi connectivity index (χ3n) is 4.37. The number of nitrogens with zero attached hydrogens (tertiary/aromatic N) is 3. The Morgan fingerprint density at radius 1 is 1.42 bits per heavy atom. The Labute approximate surface area is 141 Å². The molecule has 2 aliphatic heterocycles. The molecular formula is C17H22N4O3. The van der Waals surface area contributed by atoms with E-state index in [1.807, 2.05) is 18.7 Å². The second-order valence-electron chi connectivity index (χ2n) is 6.70. The second-order valence-corrected chi connectivity index (χ2v) is 6.70. The van der Waals surface area contributed by atoms with Gasteiger partial charge in [-0.25, -0.2) is 0 Å². The fourth-order valence-electron chi connectivity index (χ4n) is 3.15. The van der Waals surface area contributed by atoms with Gasteiger partial charge in [0.15, 0.2) is 5.60 Å². The number of oxime groups is 1. The van der Waals surface area contributed by atoms with Crippen LogP contribution in [0.15, 0.2) is 29.7 Å². The Hall–Kier alpha value is -2.44. The number of pyridine rings is 1. The lowest BCUT2D eigenvalue weighted by Gasteiger charge is -2.38. The summed E-state index contributed by atoms with van der Waals surface area (Å²) in [7, 11) is 0. The lowest BCUT2D eigenvalue weighted by Crippen LogP contribution is -2.51. The van der Waals surface area contributed by atoms with Gasteiger partial charge in [-0.15, -0.1) is 0 Å². The minimum atomic E-state index is -0.565. The zero-order valence-corrected chi connectivity index (χ0v) is 14.0. The lowest BCUT2D eigenvalue weighted by molar-refractivity contribution is -0.143. The van der Waals surface area contributed by atoms with Gasteiger partial charge in [-0.05, 0) is 25.0 Å². The van der Waals surface area contributed by atoms with Crippen LogP contribution in [-0.4, -0.2) is 46.1 Å². The van der Waals surface area contributed by atoms with Crippen molar-refractivity contribution in [2.45, 2.75) is 38.7 Å². The van der Waals surface area contributed by atoms with E-state index in [-0.39, 0.29) is 17.7 Å². The van der Waals surface area contributed by atoms with Gasteiger partial charge in [0, 0.05) is 25.1 Å². The Bertz CT molecular complexity index is 659. The van der Waals surface area contributed by atoms with Crippen LogP contribution in [0.25, 0.3) is 0 Å². The fourth-order valence-corrected chi connectivity index (χ4v) is 3.15. The van der Waals surface area contributed by atoms with Crippen LogP contribution in [0.3, 0.4) is 0 Å². The van der Waals surface area contributed by atoms with Crippen molar-refractivity contribution in [2.75, 3.05) is 18.4 Å². The largest absolute Gasteiger partial charge is 0.386 e. The van der Waals surface area contributed by atoms with Crippen LogP contribution < -0.4 is 5.32 Å². The van der Waals surface area contributed by atoms with E-state index in [1.54, 1.807) is 24.5 Å². The molecule has 1 unspecified atom stereocenters. The molecule has 0 radical (unpaired) electrons. The van der Waals surface area contributed by atoms with E-state index in [1.165, 1.54) is 0 Å². The zero-order valence-electron chi connectivity index (χ0n) is 14.0. The molecule has 3 rings (SSSR count). The van der Waals surface area contributed by atoms with Crippen molar-refractivity contribution in [1.29, 1.82) is 0 Å². The van der Waals surface area contributed by atoms with Gasteiger partial charge < -0.3 is 15.1 Å². The summed E-state index contributed by atoms with van der Waals surface area (Å²) in [5, 5.41) is 6.76. The van der Waals surface area contributed by atoms with E-state index in [0.717, 1.165) is 19.4 Å². The molecule has 2 amide bonds. The summed E-state index contributed by atoms with van der Waals surface area (Å²) in [4.78, 5) is 36.0. The Morgan fingerprint density at radius 2 is 2.25 bits per heavy atom. The summed E-state index contributed by atoms with van der Waals surface area (Å²) in [5.41, 5.74) is 0.411. The summed E-state index contributed by atoms with van der Waals surface area (Å²) in [6, 6.07) is 3.52. The molecule has 1 fully saturated rings. The molecule has 24 heavy (non-hydrogen) atoms. The van der Waals surface area contributed by atoms with Gasteiger partial charge in [-0.3, -0.25) is 14.6 Å². The maximum absolute atomic E-state index is 12.3. The molecule has 0 saturated carbocycles. The molecule has 3 heterocycles. The molecule has 1 aromatic rings. The van der Waals surface area contributed by atoms with Gasteiger partial charge in [-0.1, -0.05) is 19.0 Å². The average Bonchev–Trinajstić information content (AvgIpc) is 2.98. The lowest BCUT2D eigenvalue weighted by atomic mass is 9.87. The van der Waals surface area contributed by atoms with E-state index in [4.69, 9.17) is 4.84 Å². The van der Waals surface area contributed by atoms with Gasteiger partial charge in [0.1, 0.15) is 5.71 Å². The number of hydrogen-bond donors (Lipinski definition) is 1. The van der Waals surface area contributed by atoms with Gasteiger partial charge >= 0.3 is 0 Å². The molecule has 1 spiro atoms. The van der Waals surface area contributed by atoms with Crippen molar-refractivity contribution < 1.29 is 14.4 Å². The molecule has 0 aromatic carbocycles. The number of carbonyl (C=O) groups is 2. The van der Waals surface area contributed by atoms with Crippen molar-refractivity contribution in [2.24, 2.45) is 11.1 Å². The van der Waals surface area contributed by atoms with Crippen molar-refractivity contribution >= 4 is 23.2 Å². The smallest absolute Gasteiger partial charge is 0.273 e. The number of amides is 2. The van der Waals surface area contributed by atoms with Gasteiger partial charge in [0.25, 0.3) is 5.91 Å². The Kier molecular flexibility index (Phi) is 4.51. The summed E-state index contributed by atoms with van der Waals surface area (Å²) >= 11 is 0. The van der Waals surface area contributed by atoms with Crippen LogP contribution in [-0.2, 0) is 14.4 Å². The van der Waals surface area contributed by atoms with Crippen LogP contribution in [0.5, 0.6) is 0 Å². The van der Waals surface area contributed by atoms with Crippen LogP contribution in [0.2, 0.25) is 0 Å². The molecule has 0 bridgehead atoms. The average molecular weight is 330 g/mol. The number of hydrogen-bond acceptors (Lipinski definition) is 5. The molecule has 7 heteroatoms. The van der Waals surface area contributed by atoms with Crippen molar-refractivity contribution in [3.63, 3.8) is 0 Å². The van der Waals surface area contributed by atoms with Crippen molar-refractivity contribution in [3.05, 3.63) is 24.5 Å². The van der Waals surface area contributed by atoms with Crippen LogP contribution >= 0.6 is 0 Å². The van der Waals surface area contributed by atoms with Crippen LogP contribution in [0.1, 0.15) is 33.1 Å². The first-order valence-electron chi connectivity index (χ1n) is 8.24. The Balaban J connectivity index is 1.63. The number of likely N-dealkylation sites (tertiary alicyclic amines) is 1. The quantitative estimate of drug-likeness (QED) is 0.916. The summed E-state index contributed by atoms with van der Waals surface area (Å²) in [6.07, 6.45) is 5.28. The van der Waals surface area contributed by atoms with E-state index in [0.29, 0.717) is 24.4 Å². The number of carbonyl (C=O) groups excluding carboxylic acids is 2. The topological polar surface area (TPSA) is 83.9 Å². The third kappa shape index (κ3) is 3.39. The van der Waals surface area contributed by atoms with Gasteiger partial charge in [-0.2, -0.15) is 0 Å². The number of aromatic nitrogens is 1. The number of nitrogens with one attached hydrogen (secondary N) is 1. The molecule has 0 aliphatic carbocycles. The van der Waals surface area contributed by atoms with Crippen molar-refractivity contribution in [3.8, 4) is 0 Å². The first-order valence-corrected chi connectivity index (χ1v) is 8.24. The second kappa shape index (κ2) is 6.59. The number of rotatable bonds is 3. The standard InChI is InChI=1S/C17H22N4O3/c1-12(2)16(23)21-8-4-6-17(11-21)9-14(20-24-17)15(22)19-13-5-3-7-18-10-13/h3,5,7,10,12H,4,6,8-9,11H2,1-2H3,(H,19,22). The minimum Gasteiger partial charge on any atom is -0.386 e. The van der Waals surface area contributed by atoms with Crippen LogP contribution in [0, 0.1) is 5.92 Å². The van der Waals surface area contributed by atoms with E-state index < -0.39 is 5.60 Å². The van der Waals surface area contributed by atoms with Crippen molar-refractivity contribution in [1.82, 2.24) is 9.88 Å². The van der Waals surface area contributed by atoms with Gasteiger partial charge in [0.05, 0.1) is 18.4 Å². The highest BCUT2D eigenvalue weighted by Crippen LogP contribution is 2.34. The first-order chi connectivity index (χ1) is 11.5. The predicted octanol–water partition coefficient (Wildman–Crippen LogP) is 1.81. The highest BCUT2D eigenvalue weighted by molar-refractivity contribution is 6.43. The minimum absolute atomic E-state index is 0.0455. The first kappa shape index (κ1) is 16.4. The van der Waals surface area contributed by atoms with Crippen LogP contribution in [0.4, 0.5) is 5.69 Å². The Morgan fingerprint density at radius 3 is 2.96 bits per heavy atom. The maximum atomic E-state index is 12.3. The van der Waals surface area contributed by atoms with E-state index in [2.05, 4.69) is 15.5 Å². The third-order valence-corrected chi connectivity index (χ3v) is 4.37. The highest BCUT2D eigenvalue weighted by atomic mass is 16.7. The van der Waals surface area contributed by atoms with E-state index >= 15 is 0 Å². The number of anilines is 1. The number of piperidine rings is 1. The molecule has 1 saturated heterocycles. The zero-order chi connectivity index (χ0) is 17.2. The molecule has 1 atom stereocenters. The molecule has 7 nitrogen and oxygen atoms in total. The summed E-state index contributed by atoms with van der Waals surface area (Å²) < 4.78 is 0. The molecule has 1 N–H and O–H groups in total. The monoisotopic (exact) mass is 330 g/mol. The van der Waals surface area contributed by atoms with Gasteiger partial charge in [0.2, 0.25) is 5.91 Å².